The first-order chi connectivity index (χ1) is 8.19. The number of nitrogens with zero attached hydrogens (tertiary/aromatic N) is 4. The molecule has 2 rings (SSSR count). The second-order valence-corrected chi connectivity index (χ2v) is 3.34. The number of isothiocyanates is 1. The van der Waals surface area contributed by atoms with Crippen LogP contribution in [0.4, 0.5) is 14.6 Å². The summed E-state index contributed by atoms with van der Waals surface area (Å²) in [4.78, 5) is 7.31. The van der Waals surface area contributed by atoms with Crippen molar-refractivity contribution in [3.05, 3.63) is 41.9 Å². The lowest BCUT2D eigenvalue weighted by atomic mass is 10.3. The molecule has 0 atom stereocenters. The Labute approximate surface area is 101 Å². The average molecular weight is 252 g/mol. The monoisotopic (exact) mass is 252 g/mol. The molecule has 0 radical (unpaired) electrons. The second kappa shape index (κ2) is 4.90. The van der Waals surface area contributed by atoms with Crippen molar-refractivity contribution in [2.75, 3.05) is 0 Å². The molecule has 2 aromatic rings. The fraction of sp³-hybridized carbons (Fsp3) is 0.100. The number of halogens is 2. The number of aromatic nitrogens is 3. The van der Waals surface area contributed by atoms with Crippen molar-refractivity contribution in [2.45, 2.75) is 6.54 Å². The van der Waals surface area contributed by atoms with E-state index in [1.54, 1.807) is 12.3 Å². The third kappa shape index (κ3) is 2.77. The van der Waals surface area contributed by atoms with Crippen LogP contribution in [0, 0.1) is 11.6 Å². The standard InChI is InChI=1S/C10H6F2N4S/c11-7-3-8(12)9(13-4-7)5-16-2-1-10(15-16)14-6-17/h1-4H,5H2. The number of pyridine rings is 1. The minimum Gasteiger partial charge on any atom is -0.264 e. The quantitative estimate of drug-likeness (QED) is 0.622. The van der Waals surface area contributed by atoms with Gasteiger partial charge in [-0.05, 0) is 12.2 Å². The Morgan fingerprint density at radius 3 is 3.00 bits per heavy atom. The SMILES string of the molecule is Fc1cnc(Cn2ccc(N=C=S)n2)c(F)c1. The van der Waals surface area contributed by atoms with Crippen LogP contribution in [-0.2, 0) is 6.54 Å². The molecule has 0 saturated carbocycles. The number of hydrogen-bond acceptors (Lipinski definition) is 4. The molecule has 7 heteroatoms. The topological polar surface area (TPSA) is 43.1 Å². The Kier molecular flexibility index (Phi) is 3.32. The first kappa shape index (κ1) is 11.5. The van der Waals surface area contributed by atoms with E-state index in [9.17, 15) is 8.78 Å². The third-order valence-corrected chi connectivity index (χ3v) is 2.07. The van der Waals surface area contributed by atoms with Gasteiger partial charge >= 0.3 is 0 Å². The van der Waals surface area contributed by atoms with E-state index in [0.29, 0.717) is 5.82 Å². The highest BCUT2D eigenvalue weighted by atomic mass is 32.1. The molecule has 0 aliphatic heterocycles. The zero-order valence-electron chi connectivity index (χ0n) is 8.47. The molecule has 0 fully saturated rings. The zero-order chi connectivity index (χ0) is 12.3. The van der Waals surface area contributed by atoms with Crippen LogP contribution in [0.5, 0.6) is 0 Å². The van der Waals surface area contributed by atoms with E-state index in [1.165, 1.54) is 4.68 Å². The van der Waals surface area contributed by atoms with Crippen LogP contribution in [0.1, 0.15) is 5.69 Å². The van der Waals surface area contributed by atoms with Crippen molar-refractivity contribution >= 4 is 23.2 Å². The molecule has 0 unspecified atom stereocenters. The summed E-state index contributed by atoms with van der Waals surface area (Å²) in [6, 6.07) is 2.38. The maximum Gasteiger partial charge on any atom is 0.184 e. The minimum absolute atomic E-state index is 0.0963. The van der Waals surface area contributed by atoms with Crippen LogP contribution >= 0.6 is 12.2 Å². The number of thiocarbonyl (C=S) groups is 1. The fourth-order valence-electron chi connectivity index (χ4n) is 1.26. The Bertz CT molecular complexity index is 590. The van der Waals surface area contributed by atoms with E-state index in [1.807, 2.05) is 0 Å². The molecule has 0 aliphatic carbocycles. The van der Waals surface area contributed by atoms with E-state index in [4.69, 9.17) is 0 Å². The number of aliphatic imine (C=N–C) groups is 1. The lowest BCUT2D eigenvalue weighted by Crippen LogP contribution is -2.05. The van der Waals surface area contributed by atoms with Crippen molar-refractivity contribution in [1.29, 1.82) is 0 Å². The van der Waals surface area contributed by atoms with E-state index >= 15 is 0 Å². The number of hydrogen-bond donors (Lipinski definition) is 0. The molecule has 17 heavy (non-hydrogen) atoms. The van der Waals surface area contributed by atoms with Crippen LogP contribution in [0.25, 0.3) is 0 Å². The highest BCUT2D eigenvalue weighted by Gasteiger charge is 2.07. The van der Waals surface area contributed by atoms with Crippen LogP contribution in [0.3, 0.4) is 0 Å². The van der Waals surface area contributed by atoms with Crippen LogP contribution in [0.15, 0.2) is 29.5 Å². The molecular formula is C10H6F2N4S. The van der Waals surface area contributed by atoms with Crippen molar-refractivity contribution in [1.82, 2.24) is 14.8 Å². The van der Waals surface area contributed by atoms with Crippen LogP contribution < -0.4 is 0 Å². The summed E-state index contributed by atoms with van der Waals surface area (Å²) >= 11 is 4.43. The summed E-state index contributed by atoms with van der Waals surface area (Å²) in [5.41, 5.74) is 0.104. The van der Waals surface area contributed by atoms with Gasteiger partial charge in [0.1, 0.15) is 11.6 Å². The van der Waals surface area contributed by atoms with Gasteiger partial charge in [0.2, 0.25) is 0 Å². The van der Waals surface area contributed by atoms with Gasteiger partial charge in [0, 0.05) is 18.3 Å². The Morgan fingerprint density at radius 1 is 1.47 bits per heavy atom. The Balaban J connectivity index is 2.22. The molecule has 0 bridgehead atoms. The normalized spacial score (nSPS) is 10.0. The zero-order valence-corrected chi connectivity index (χ0v) is 9.29. The smallest absolute Gasteiger partial charge is 0.184 e. The number of rotatable bonds is 3. The van der Waals surface area contributed by atoms with Crippen molar-refractivity contribution in [3.63, 3.8) is 0 Å². The lowest BCUT2D eigenvalue weighted by Gasteiger charge is -2.02. The summed E-state index contributed by atoms with van der Waals surface area (Å²) in [6.07, 6.45) is 2.55. The molecular weight excluding hydrogens is 246 g/mol. The van der Waals surface area contributed by atoms with Gasteiger partial charge in [-0.2, -0.15) is 10.1 Å². The molecule has 2 heterocycles. The van der Waals surface area contributed by atoms with Gasteiger partial charge in [-0.25, -0.2) is 8.78 Å². The third-order valence-electron chi connectivity index (χ3n) is 1.98. The first-order valence-electron chi connectivity index (χ1n) is 4.60. The molecule has 4 nitrogen and oxygen atoms in total. The summed E-state index contributed by atoms with van der Waals surface area (Å²) in [6.45, 7) is 0.0963. The van der Waals surface area contributed by atoms with Gasteiger partial charge < -0.3 is 0 Å². The van der Waals surface area contributed by atoms with Gasteiger partial charge in [0.05, 0.1) is 23.6 Å². The maximum absolute atomic E-state index is 13.3. The van der Waals surface area contributed by atoms with E-state index in [2.05, 4.69) is 32.5 Å². The summed E-state index contributed by atoms with van der Waals surface area (Å²) < 4.78 is 27.4. The van der Waals surface area contributed by atoms with Crippen molar-refractivity contribution < 1.29 is 8.78 Å². The van der Waals surface area contributed by atoms with Crippen molar-refractivity contribution in [2.24, 2.45) is 4.99 Å². The van der Waals surface area contributed by atoms with Gasteiger partial charge in [-0.15, -0.1) is 0 Å². The fourth-order valence-corrected chi connectivity index (χ4v) is 1.35. The highest BCUT2D eigenvalue weighted by molar-refractivity contribution is 7.78. The molecule has 0 amide bonds. The minimum atomic E-state index is -0.710. The van der Waals surface area contributed by atoms with Crippen molar-refractivity contribution in [3.8, 4) is 0 Å². The van der Waals surface area contributed by atoms with Gasteiger partial charge in [0.15, 0.2) is 5.82 Å². The molecule has 0 aliphatic rings. The van der Waals surface area contributed by atoms with Crippen LogP contribution in [-0.4, -0.2) is 19.9 Å². The van der Waals surface area contributed by atoms with E-state index in [0.717, 1.165) is 12.3 Å². The summed E-state index contributed by atoms with van der Waals surface area (Å²) in [5, 5.41) is 6.15. The Morgan fingerprint density at radius 2 is 2.29 bits per heavy atom. The predicted molar refractivity (Wildman–Crippen MR) is 60.2 cm³/mol. The summed E-state index contributed by atoms with van der Waals surface area (Å²) in [7, 11) is 0. The van der Waals surface area contributed by atoms with Crippen LogP contribution in [0.2, 0.25) is 0 Å². The average Bonchev–Trinajstić information content (AvgIpc) is 2.71. The predicted octanol–water partition coefficient (Wildman–Crippen LogP) is 2.34. The Hall–Kier alpha value is -1.98. The highest BCUT2D eigenvalue weighted by Crippen LogP contribution is 2.10. The molecule has 0 saturated heterocycles. The molecule has 0 aromatic carbocycles. The largest absolute Gasteiger partial charge is 0.264 e. The first-order valence-corrected chi connectivity index (χ1v) is 5.01. The lowest BCUT2D eigenvalue weighted by molar-refractivity contribution is 0.542. The summed E-state index contributed by atoms with van der Waals surface area (Å²) in [5.74, 6) is -1.04. The molecule has 86 valence electrons. The van der Waals surface area contributed by atoms with Gasteiger partial charge in [-0.1, -0.05) is 0 Å². The second-order valence-electron chi connectivity index (χ2n) is 3.16. The molecule has 2 aromatic heterocycles. The molecule has 0 spiro atoms. The molecule has 0 N–H and O–H groups in total. The van der Waals surface area contributed by atoms with E-state index < -0.39 is 11.6 Å². The van der Waals surface area contributed by atoms with E-state index in [-0.39, 0.29) is 12.2 Å². The van der Waals surface area contributed by atoms with Gasteiger partial charge in [0.25, 0.3) is 0 Å². The van der Waals surface area contributed by atoms with Gasteiger partial charge in [-0.3, -0.25) is 9.67 Å². The maximum atomic E-state index is 13.3.